The summed E-state index contributed by atoms with van der Waals surface area (Å²) in [6.07, 6.45) is 0. The molecule has 3 heteroatoms. The highest BCUT2D eigenvalue weighted by atomic mass is 28.3. The van der Waals surface area contributed by atoms with Crippen LogP contribution in [0.15, 0.2) is 12.1 Å². The van der Waals surface area contributed by atoms with Gasteiger partial charge in [-0.2, -0.15) is 0 Å². The van der Waals surface area contributed by atoms with Crippen LogP contribution in [0.2, 0.25) is 25.7 Å². The molecule has 0 atom stereocenters. The molecule has 1 aromatic carbocycles. The molecule has 0 fully saturated rings. The minimum absolute atomic E-state index is 0.178. The second kappa shape index (κ2) is 5.70. The van der Waals surface area contributed by atoms with Crippen LogP contribution in [0.25, 0.3) is 0 Å². The van der Waals surface area contributed by atoms with E-state index in [1.807, 2.05) is 32.9 Å². The van der Waals surface area contributed by atoms with E-state index >= 15 is 0 Å². The van der Waals surface area contributed by atoms with Crippen LogP contribution in [0.5, 0.6) is 0 Å². The average Bonchev–Trinajstić information content (AvgIpc) is 2.13. The zero-order chi connectivity index (χ0) is 13.9. The first-order valence-corrected chi connectivity index (χ1v) is 10.2. The first-order chi connectivity index (χ1) is 8.20. The van der Waals surface area contributed by atoms with Gasteiger partial charge >= 0.3 is 5.97 Å². The molecular formula is C15H24O2Si. The van der Waals surface area contributed by atoms with Crippen LogP contribution in [-0.4, -0.2) is 20.7 Å². The van der Waals surface area contributed by atoms with E-state index in [2.05, 4.69) is 19.6 Å². The summed E-state index contributed by atoms with van der Waals surface area (Å²) in [5.74, 6) is -0.178. The number of benzene rings is 1. The van der Waals surface area contributed by atoms with E-state index in [9.17, 15) is 4.79 Å². The Labute approximate surface area is 111 Å². The van der Waals surface area contributed by atoms with Gasteiger partial charge in [0.05, 0.1) is 12.2 Å². The van der Waals surface area contributed by atoms with Gasteiger partial charge in [0.1, 0.15) is 0 Å². The third kappa shape index (κ3) is 4.30. The van der Waals surface area contributed by atoms with Crippen molar-refractivity contribution in [2.24, 2.45) is 0 Å². The van der Waals surface area contributed by atoms with Crippen molar-refractivity contribution in [2.75, 3.05) is 6.61 Å². The van der Waals surface area contributed by atoms with Gasteiger partial charge < -0.3 is 4.74 Å². The molecule has 100 valence electrons. The van der Waals surface area contributed by atoms with E-state index in [0.29, 0.717) is 6.61 Å². The number of hydrogen-bond acceptors (Lipinski definition) is 2. The highest BCUT2D eigenvalue weighted by Crippen LogP contribution is 2.18. The maximum Gasteiger partial charge on any atom is 0.338 e. The molecule has 0 bridgehead atoms. The van der Waals surface area contributed by atoms with Crippen molar-refractivity contribution >= 4 is 14.0 Å². The Morgan fingerprint density at radius 2 is 1.61 bits per heavy atom. The van der Waals surface area contributed by atoms with Gasteiger partial charge in [0.15, 0.2) is 0 Å². The molecule has 0 saturated heterocycles. The van der Waals surface area contributed by atoms with Crippen molar-refractivity contribution in [1.29, 1.82) is 0 Å². The highest BCUT2D eigenvalue weighted by molar-refractivity contribution is 6.76. The van der Waals surface area contributed by atoms with Gasteiger partial charge in [-0.1, -0.05) is 37.3 Å². The minimum Gasteiger partial charge on any atom is -0.462 e. The van der Waals surface area contributed by atoms with Gasteiger partial charge in [0, 0.05) is 8.07 Å². The Morgan fingerprint density at radius 3 is 2.06 bits per heavy atom. The van der Waals surface area contributed by atoms with Gasteiger partial charge in [-0.05, 0) is 37.9 Å². The van der Waals surface area contributed by atoms with Crippen LogP contribution in [0.4, 0.5) is 0 Å². The van der Waals surface area contributed by atoms with E-state index in [-0.39, 0.29) is 5.97 Å². The fraction of sp³-hybridized carbons (Fsp3) is 0.533. The summed E-state index contributed by atoms with van der Waals surface area (Å²) >= 11 is 0. The van der Waals surface area contributed by atoms with Crippen molar-refractivity contribution in [1.82, 2.24) is 0 Å². The molecule has 0 aliphatic heterocycles. The smallest absolute Gasteiger partial charge is 0.338 e. The fourth-order valence-electron chi connectivity index (χ4n) is 2.02. The molecule has 0 unspecified atom stereocenters. The van der Waals surface area contributed by atoms with Crippen molar-refractivity contribution in [2.45, 2.75) is 46.5 Å². The van der Waals surface area contributed by atoms with Crippen LogP contribution < -0.4 is 0 Å². The highest BCUT2D eigenvalue weighted by Gasteiger charge is 2.17. The monoisotopic (exact) mass is 264 g/mol. The van der Waals surface area contributed by atoms with Crippen molar-refractivity contribution in [3.8, 4) is 0 Å². The lowest BCUT2D eigenvalue weighted by molar-refractivity contribution is 0.0523. The van der Waals surface area contributed by atoms with Crippen molar-refractivity contribution in [3.05, 3.63) is 34.4 Å². The maximum atomic E-state index is 12.1. The lowest BCUT2D eigenvalue weighted by atomic mass is 10.00. The Bertz CT molecular complexity index is 421. The normalized spacial score (nSPS) is 11.4. The molecule has 0 saturated carbocycles. The summed E-state index contributed by atoms with van der Waals surface area (Å²) in [6.45, 7) is 13.4. The van der Waals surface area contributed by atoms with Crippen LogP contribution in [0.1, 0.15) is 27.0 Å². The van der Waals surface area contributed by atoms with E-state index in [4.69, 9.17) is 4.74 Å². The lowest BCUT2D eigenvalue weighted by Crippen LogP contribution is -2.23. The van der Waals surface area contributed by atoms with Crippen LogP contribution >= 0.6 is 0 Å². The summed E-state index contributed by atoms with van der Waals surface area (Å²) in [7, 11) is -1.14. The molecule has 0 heterocycles. The Balaban J connectivity index is 2.74. The largest absolute Gasteiger partial charge is 0.462 e. The molecule has 0 spiro atoms. The standard InChI is InChI=1S/C15H24O2Si/c1-11-9-12(2)14(13(3)10-11)15(16)17-7-8-18(4,5)6/h9-10H,7-8H2,1-6H3. The molecule has 18 heavy (non-hydrogen) atoms. The summed E-state index contributed by atoms with van der Waals surface area (Å²) < 4.78 is 5.40. The maximum absolute atomic E-state index is 12.1. The summed E-state index contributed by atoms with van der Waals surface area (Å²) in [6, 6.07) is 5.08. The summed E-state index contributed by atoms with van der Waals surface area (Å²) in [5.41, 5.74) is 3.93. The lowest BCUT2D eigenvalue weighted by Gasteiger charge is -2.16. The van der Waals surface area contributed by atoms with E-state index in [1.54, 1.807) is 0 Å². The second-order valence-electron chi connectivity index (χ2n) is 6.22. The molecule has 0 radical (unpaired) electrons. The molecule has 1 rings (SSSR count). The van der Waals surface area contributed by atoms with Gasteiger partial charge in [-0.15, -0.1) is 0 Å². The first kappa shape index (κ1) is 15.0. The second-order valence-corrected chi connectivity index (χ2v) is 11.8. The van der Waals surface area contributed by atoms with Crippen LogP contribution in [0, 0.1) is 20.8 Å². The predicted molar refractivity (Wildman–Crippen MR) is 79.1 cm³/mol. The molecule has 0 N–H and O–H groups in total. The summed E-state index contributed by atoms with van der Waals surface area (Å²) in [4.78, 5) is 12.1. The number of rotatable bonds is 4. The molecule has 0 aliphatic carbocycles. The summed E-state index contributed by atoms with van der Waals surface area (Å²) in [5, 5.41) is 0. The molecule has 0 aliphatic rings. The Hall–Kier alpha value is -1.09. The number of carbonyl (C=O) groups excluding carboxylic acids is 1. The minimum atomic E-state index is -1.14. The number of carbonyl (C=O) groups is 1. The number of aryl methyl sites for hydroxylation is 3. The number of hydrogen-bond donors (Lipinski definition) is 0. The average molecular weight is 264 g/mol. The van der Waals surface area contributed by atoms with Gasteiger partial charge in [0.25, 0.3) is 0 Å². The van der Waals surface area contributed by atoms with Gasteiger partial charge in [-0.3, -0.25) is 0 Å². The van der Waals surface area contributed by atoms with E-state index < -0.39 is 8.07 Å². The third-order valence-electron chi connectivity index (χ3n) is 2.97. The van der Waals surface area contributed by atoms with Gasteiger partial charge in [-0.25, -0.2) is 4.79 Å². The van der Waals surface area contributed by atoms with Crippen LogP contribution in [0.3, 0.4) is 0 Å². The molecular weight excluding hydrogens is 240 g/mol. The number of ether oxygens (including phenoxy) is 1. The number of esters is 1. The third-order valence-corrected chi connectivity index (χ3v) is 4.67. The molecule has 0 amide bonds. The quantitative estimate of drug-likeness (QED) is 0.604. The van der Waals surface area contributed by atoms with Crippen molar-refractivity contribution < 1.29 is 9.53 Å². The van der Waals surface area contributed by atoms with Crippen molar-refractivity contribution in [3.63, 3.8) is 0 Å². The first-order valence-electron chi connectivity index (χ1n) is 6.46. The molecule has 1 aromatic rings. The zero-order valence-electron chi connectivity index (χ0n) is 12.4. The van der Waals surface area contributed by atoms with Crippen LogP contribution in [-0.2, 0) is 4.74 Å². The Morgan fingerprint density at radius 1 is 1.11 bits per heavy atom. The van der Waals surface area contributed by atoms with Gasteiger partial charge in [0.2, 0.25) is 0 Å². The zero-order valence-corrected chi connectivity index (χ0v) is 13.4. The van der Waals surface area contributed by atoms with E-state index in [1.165, 1.54) is 5.56 Å². The Kier molecular flexibility index (Phi) is 4.74. The van der Waals surface area contributed by atoms with E-state index in [0.717, 1.165) is 22.7 Å². The topological polar surface area (TPSA) is 26.3 Å². The molecule has 2 nitrogen and oxygen atoms in total. The predicted octanol–water partition coefficient (Wildman–Crippen LogP) is 4.11. The fourth-order valence-corrected chi connectivity index (χ4v) is 2.74. The molecule has 0 aromatic heterocycles. The SMILES string of the molecule is Cc1cc(C)c(C(=O)OCC[Si](C)(C)C)c(C)c1.